The van der Waals surface area contributed by atoms with Gasteiger partial charge in [-0.2, -0.15) is 0 Å². The molecular weight excluding hydrogens is 160 g/mol. The summed E-state index contributed by atoms with van der Waals surface area (Å²) in [6.45, 7) is 5.03. The number of halogens is 2. The maximum absolute atomic E-state index is 11.9. The van der Waals surface area contributed by atoms with Crippen LogP contribution in [-0.2, 0) is 0 Å². The summed E-state index contributed by atoms with van der Waals surface area (Å²) in [7, 11) is 0. The van der Waals surface area contributed by atoms with Gasteiger partial charge in [-0.1, -0.05) is 13.3 Å². The second-order valence-corrected chi connectivity index (χ2v) is 3.61. The van der Waals surface area contributed by atoms with Crippen molar-refractivity contribution in [3.8, 4) is 0 Å². The zero-order valence-corrected chi connectivity index (χ0v) is 7.60. The molecule has 1 fully saturated rings. The molecule has 1 aliphatic heterocycles. The third-order valence-corrected chi connectivity index (χ3v) is 2.37. The standard InChI is InChI=1S/C9H17F2N/c1-2-3-4-12-6-8(7-12)5-9(10)11/h8-9H,2-7H2,1H3. The van der Waals surface area contributed by atoms with Crippen molar-refractivity contribution in [2.24, 2.45) is 5.92 Å². The second kappa shape index (κ2) is 4.75. The van der Waals surface area contributed by atoms with Crippen LogP contribution >= 0.6 is 0 Å². The third-order valence-electron chi connectivity index (χ3n) is 2.37. The monoisotopic (exact) mass is 177 g/mol. The summed E-state index contributed by atoms with van der Waals surface area (Å²) < 4.78 is 23.7. The Morgan fingerprint density at radius 1 is 1.42 bits per heavy atom. The highest BCUT2D eigenvalue weighted by Crippen LogP contribution is 2.22. The molecule has 0 aliphatic carbocycles. The van der Waals surface area contributed by atoms with Crippen molar-refractivity contribution in [3.05, 3.63) is 0 Å². The minimum Gasteiger partial charge on any atom is -0.303 e. The molecule has 12 heavy (non-hydrogen) atoms. The first kappa shape index (κ1) is 9.90. The topological polar surface area (TPSA) is 3.24 Å². The number of alkyl halides is 2. The van der Waals surface area contributed by atoms with Gasteiger partial charge in [-0.15, -0.1) is 0 Å². The first-order chi connectivity index (χ1) is 5.72. The minimum absolute atomic E-state index is 0.0998. The quantitative estimate of drug-likeness (QED) is 0.623. The van der Waals surface area contributed by atoms with E-state index in [2.05, 4.69) is 11.8 Å². The molecule has 1 rings (SSSR count). The lowest BCUT2D eigenvalue weighted by atomic mass is 9.96. The fourth-order valence-corrected chi connectivity index (χ4v) is 1.64. The van der Waals surface area contributed by atoms with Gasteiger partial charge in [0.2, 0.25) is 6.43 Å². The number of hydrogen-bond donors (Lipinski definition) is 0. The van der Waals surface area contributed by atoms with E-state index in [0.29, 0.717) is 0 Å². The molecule has 0 atom stereocenters. The van der Waals surface area contributed by atoms with Gasteiger partial charge in [-0.05, 0) is 18.9 Å². The SMILES string of the molecule is CCCCN1CC(CC(F)F)C1. The molecule has 0 amide bonds. The zero-order chi connectivity index (χ0) is 8.97. The van der Waals surface area contributed by atoms with Gasteiger partial charge in [0.25, 0.3) is 0 Å². The minimum atomic E-state index is -2.11. The smallest absolute Gasteiger partial charge is 0.239 e. The van der Waals surface area contributed by atoms with E-state index in [1.807, 2.05) is 0 Å². The predicted molar refractivity (Wildman–Crippen MR) is 45.5 cm³/mol. The molecule has 0 aromatic heterocycles. The van der Waals surface area contributed by atoms with Crippen LogP contribution in [0.2, 0.25) is 0 Å². The molecule has 0 bridgehead atoms. The molecule has 0 saturated carbocycles. The Morgan fingerprint density at radius 3 is 2.58 bits per heavy atom. The predicted octanol–water partition coefficient (Wildman–Crippen LogP) is 2.37. The van der Waals surface area contributed by atoms with E-state index in [4.69, 9.17) is 0 Å². The van der Waals surface area contributed by atoms with Crippen LogP contribution in [0, 0.1) is 5.92 Å². The van der Waals surface area contributed by atoms with Crippen LogP contribution in [0.15, 0.2) is 0 Å². The number of likely N-dealkylation sites (tertiary alicyclic amines) is 1. The summed E-state index contributed by atoms with van der Waals surface area (Å²) in [5, 5.41) is 0. The van der Waals surface area contributed by atoms with Gasteiger partial charge in [-0.3, -0.25) is 0 Å². The van der Waals surface area contributed by atoms with E-state index >= 15 is 0 Å². The Bertz CT molecular complexity index is 122. The molecule has 0 N–H and O–H groups in total. The average Bonchev–Trinajstić information content (AvgIpc) is 1.93. The van der Waals surface area contributed by atoms with Crippen LogP contribution in [0.1, 0.15) is 26.2 Å². The van der Waals surface area contributed by atoms with Gasteiger partial charge in [0, 0.05) is 19.5 Å². The Balaban J connectivity index is 1.96. The third kappa shape index (κ3) is 3.05. The van der Waals surface area contributed by atoms with Gasteiger partial charge in [0.05, 0.1) is 0 Å². The summed E-state index contributed by atoms with van der Waals surface area (Å²) in [5.41, 5.74) is 0. The Kier molecular flexibility index (Phi) is 3.92. The molecule has 0 aromatic rings. The van der Waals surface area contributed by atoms with Crippen LogP contribution in [0.4, 0.5) is 8.78 Å². The van der Waals surface area contributed by atoms with E-state index < -0.39 is 6.43 Å². The van der Waals surface area contributed by atoms with E-state index in [1.165, 1.54) is 12.8 Å². The highest BCUT2D eigenvalue weighted by atomic mass is 19.3. The molecule has 1 nitrogen and oxygen atoms in total. The molecule has 0 aromatic carbocycles. The summed E-state index contributed by atoms with van der Waals surface area (Å²) in [5.74, 6) is 0.266. The summed E-state index contributed by atoms with van der Waals surface area (Å²) in [6, 6.07) is 0. The maximum atomic E-state index is 11.9. The number of rotatable bonds is 5. The lowest BCUT2D eigenvalue weighted by molar-refractivity contribution is 0.0355. The molecule has 0 unspecified atom stereocenters. The molecular formula is C9H17F2N. The Morgan fingerprint density at radius 2 is 2.08 bits per heavy atom. The highest BCUT2D eigenvalue weighted by Gasteiger charge is 2.28. The van der Waals surface area contributed by atoms with Crippen molar-refractivity contribution in [1.29, 1.82) is 0 Å². The summed E-state index contributed by atoms with van der Waals surface area (Å²) >= 11 is 0. The highest BCUT2D eigenvalue weighted by molar-refractivity contribution is 4.79. The Hall–Kier alpha value is -0.180. The molecule has 3 heteroatoms. The van der Waals surface area contributed by atoms with Crippen LogP contribution < -0.4 is 0 Å². The van der Waals surface area contributed by atoms with Gasteiger partial charge in [0.15, 0.2) is 0 Å². The van der Waals surface area contributed by atoms with Crippen LogP contribution in [0.5, 0.6) is 0 Å². The normalized spacial score (nSPS) is 20.0. The van der Waals surface area contributed by atoms with E-state index in [0.717, 1.165) is 19.6 Å². The molecule has 0 spiro atoms. The molecule has 1 saturated heterocycles. The van der Waals surface area contributed by atoms with Crippen molar-refractivity contribution < 1.29 is 8.78 Å². The number of nitrogens with zero attached hydrogens (tertiary/aromatic N) is 1. The van der Waals surface area contributed by atoms with Crippen molar-refractivity contribution in [2.75, 3.05) is 19.6 Å². The fraction of sp³-hybridized carbons (Fsp3) is 1.00. The molecule has 1 heterocycles. The lowest BCUT2D eigenvalue weighted by Gasteiger charge is -2.39. The van der Waals surface area contributed by atoms with Crippen molar-refractivity contribution in [2.45, 2.75) is 32.6 Å². The number of unbranched alkanes of at least 4 members (excludes halogenated alkanes) is 1. The van der Waals surface area contributed by atoms with Crippen molar-refractivity contribution in [3.63, 3.8) is 0 Å². The van der Waals surface area contributed by atoms with E-state index in [1.54, 1.807) is 0 Å². The first-order valence-electron chi connectivity index (χ1n) is 4.73. The molecule has 1 aliphatic rings. The lowest BCUT2D eigenvalue weighted by Crippen LogP contribution is -2.47. The van der Waals surface area contributed by atoms with Gasteiger partial charge in [0.1, 0.15) is 0 Å². The van der Waals surface area contributed by atoms with Crippen molar-refractivity contribution in [1.82, 2.24) is 4.90 Å². The molecule has 0 radical (unpaired) electrons. The van der Waals surface area contributed by atoms with E-state index in [-0.39, 0.29) is 12.3 Å². The second-order valence-electron chi connectivity index (χ2n) is 3.61. The largest absolute Gasteiger partial charge is 0.303 e. The molecule has 72 valence electrons. The van der Waals surface area contributed by atoms with Gasteiger partial charge in [-0.25, -0.2) is 8.78 Å². The van der Waals surface area contributed by atoms with E-state index in [9.17, 15) is 8.78 Å². The summed E-state index contributed by atoms with van der Waals surface area (Å²) in [6.07, 6.45) is 0.378. The van der Waals surface area contributed by atoms with Gasteiger partial charge >= 0.3 is 0 Å². The maximum Gasteiger partial charge on any atom is 0.239 e. The average molecular weight is 177 g/mol. The van der Waals surface area contributed by atoms with Crippen LogP contribution in [-0.4, -0.2) is 31.0 Å². The van der Waals surface area contributed by atoms with Crippen LogP contribution in [0.25, 0.3) is 0 Å². The Labute approximate surface area is 72.7 Å². The van der Waals surface area contributed by atoms with Crippen molar-refractivity contribution >= 4 is 0 Å². The summed E-state index contributed by atoms with van der Waals surface area (Å²) in [4.78, 5) is 2.26. The number of hydrogen-bond acceptors (Lipinski definition) is 1. The fourth-order valence-electron chi connectivity index (χ4n) is 1.64. The van der Waals surface area contributed by atoms with Gasteiger partial charge < -0.3 is 4.90 Å². The first-order valence-corrected chi connectivity index (χ1v) is 4.73. The zero-order valence-electron chi connectivity index (χ0n) is 7.60. The van der Waals surface area contributed by atoms with Crippen LogP contribution in [0.3, 0.4) is 0 Å².